The highest BCUT2D eigenvalue weighted by molar-refractivity contribution is 7.18. The first-order chi connectivity index (χ1) is 11.3. The topological polar surface area (TPSA) is 59.7 Å². The van der Waals surface area contributed by atoms with Gasteiger partial charge in [0.15, 0.2) is 5.01 Å². The van der Waals surface area contributed by atoms with Crippen LogP contribution in [0.5, 0.6) is 0 Å². The van der Waals surface area contributed by atoms with Gasteiger partial charge in [-0.05, 0) is 36.5 Å². The molecule has 0 amide bonds. The van der Waals surface area contributed by atoms with Crippen LogP contribution in [-0.4, -0.2) is 38.1 Å². The number of aryl methyl sites for hydroxylation is 1. The molecule has 7 heteroatoms. The molecule has 0 N–H and O–H groups in total. The van der Waals surface area contributed by atoms with Crippen molar-refractivity contribution in [2.24, 2.45) is 13.0 Å². The zero-order valence-electron chi connectivity index (χ0n) is 13.0. The zero-order valence-corrected chi connectivity index (χ0v) is 13.8. The Hall–Kier alpha value is -2.28. The number of aromatic nitrogens is 5. The molecule has 23 heavy (non-hydrogen) atoms. The van der Waals surface area contributed by atoms with E-state index in [-0.39, 0.29) is 0 Å². The molecule has 6 nitrogen and oxygen atoms in total. The SMILES string of the molecule is Cn1cc(CC2CCN(c3nnc(-c4ccccn4)s3)C2)cn1. The molecule has 0 aliphatic carbocycles. The molecule has 0 bridgehead atoms. The first-order valence-electron chi connectivity index (χ1n) is 7.75. The molecule has 118 valence electrons. The normalized spacial score (nSPS) is 17.8. The molecule has 0 radical (unpaired) electrons. The maximum absolute atomic E-state index is 4.36. The molecule has 1 aliphatic heterocycles. The summed E-state index contributed by atoms with van der Waals surface area (Å²) in [7, 11) is 1.96. The van der Waals surface area contributed by atoms with Gasteiger partial charge in [0.2, 0.25) is 5.13 Å². The van der Waals surface area contributed by atoms with Gasteiger partial charge in [-0.3, -0.25) is 9.67 Å². The van der Waals surface area contributed by atoms with Gasteiger partial charge in [0.25, 0.3) is 0 Å². The van der Waals surface area contributed by atoms with Crippen molar-refractivity contribution < 1.29 is 0 Å². The lowest BCUT2D eigenvalue weighted by molar-refractivity contribution is 0.586. The van der Waals surface area contributed by atoms with Crippen LogP contribution in [0.15, 0.2) is 36.8 Å². The molecule has 4 rings (SSSR count). The van der Waals surface area contributed by atoms with Crippen LogP contribution in [0, 0.1) is 5.92 Å². The highest BCUT2D eigenvalue weighted by Crippen LogP contribution is 2.31. The number of nitrogens with zero attached hydrogens (tertiary/aromatic N) is 6. The van der Waals surface area contributed by atoms with Crippen molar-refractivity contribution in [1.82, 2.24) is 25.0 Å². The summed E-state index contributed by atoms with van der Waals surface area (Å²) < 4.78 is 1.87. The molecule has 4 heterocycles. The van der Waals surface area contributed by atoms with Gasteiger partial charge in [0.1, 0.15) is 5.69 Å². The van der Waals surface area contributed by atoms with Gasteiger partial charge < -0.3 is 4.90 Å². The summed E-state index contributed by atoms with van der Waals surface area (Å²) in [4.78, 5) is 6.68. The van der Waals surface area contributed by atoms with E-state index in [1.54, 1.807) is 17.5 Å². The predicted octanol–water partition coefficient (Wildman–Crippen LogP) is 2.40. The molecular weight excluding hydrogens is 308 g/mol. The van der Waals surface area contributed by atoms with Crippen molar-refractivity contribution in [3.63, 3.8) is 0 Å². The summed E-state index contributed by atoms with van der Waals surface area (Å²) in [5.41, 5.74) is 2.20. The van der Waals surface area contributed by atoms with E-state index in [0.29, 0.717) is 5.92 Å². The van der Waals surface area contributed by atoms with Crippen molar-refractivity contribution in [1.29, 1.82) is 0 Å². The number of rotatable bonds is 4. The molecule has 0 aromatic carbocycles. The Balaban J connectivity index is 1.43. The van der Waals surface area contributed by atoms with E-state index in [9.17, 15) is 0 Å². The van der Waals surface area contributed by atoms with E-state index in [1.807, 2.05) is 36.1 Å². The van der Waals surface area contributed by atoms with Crippen molar-refractivity contribution >= 4 is 16.5 Å². The summed E-state index contributed by atoms with van der Waals surface area (Å²) >= 11 is 1.62. The van der Waals surface area contributed by atoms with Crippen LogP contribution in [0.3, 0.4) is 0 Å². The fourth-order valence-corrected chi connectivity index (χ4v) is 3.88. The Morgan fingerprint density at radius 1 is 1.30 bits per heavy atom. The van der Waals surface area contributed by atoms with Crippen LogP contribution >= 0.6 is 11.3 Å². The van der Waals surface area contributed by atoms with Crippen LogP contribution < -0.4 is 4.90 Å². The molecule has 1 unspecified atom stereocenters. The second-order valence-electron chi connectivity index (χ2n) is 5.93. The Morgan fingerprint density at radius 3 is 3.04 bits per heavy atom. The maximum atomic E-state index is 4.36. The molecule has 3 aromatic rings. The van der Waals surface area contributed by atoms with Gasteiger partial charge in [-0.1, -0.05) is 17.4 Å². The average molecular weight is 326 g/mol. The van der Waals surface area contributed by atoms with Gasteiger partial charge >= 0.3 is 0 Å². The summed E-state index contributed by atoms with van der Waals surface area (Å²) in [6.07, 6.45) is 8.12. The Bertz CT molecular complexity index is 781. The molecule has 1 aliphatic rings. The Kier molecular flexibility index (Phi) is 3.78. The number of hydrogen-bond acceptors (Lipinski definition) is 6. The van der Waals surface area contributed by atoms with Gasteiger partial charge in [-0.25, -0.2) is 0 Å². The predicted molar refractivity (Wildman–Crippen MR) is 90.4 cm³/mol. The van der Waals surface area contributed by atoms with E-state index < -0.39 is 0 Å². The second-order valence-corrected chi connectivity index (χ2v) is 6.89. The standard InChI is InChI=1S/C16H18N6S/c1-21-10-13(9-18-21)8-12-5-7-22(11-12)16-20-19-15(23-16)14-4-2-3-6-17-14/h2-4,6,9-10,12H,5,7-8,11H2,1H3. The van der Waals surface area contributed by atoms with E-state index in [0.717, 1.165) is 35.3 Å². The lowest BCUT2D eigenvalue weighted by atomic mass is 10.0. The molecule has 3 aromatic heterocycles. The molecule has 0 spiro atoms. The molecule has 1 fully saturated rings. The first kappa shape index (κ1) is 14.3. The minimum atomic E-state index is 0.654. The lowest BCUT2D eigenvalue weighted by Gasteiger charge is -2.13. The van der Waals surface area contributed by atoms with E-state index in [2.05, 4.69) is 31.4 Å². The highest BCUT2D eigenvalue weighted by atomic mass is 32.1. The van der Waals surface area contributed by atoms with Crippen molar-refractivity contribution in [2.75, 3.05) is 18.0 Å². The van der Waals surface area contributed by atoms with Crippen LogP contribution in [0.2, 0.25) is 0 Å². The smallest absolute Gasteiger partial charge is 0.208 e. The number of pyridine rings is 1. The van der Waals surface area contributed by atoms with Crippen LogP contribution in [0.4, 0.5) is 5.13 Å². The number of anilines is 1. The third kappa shape index (κ3) is 3.10. The molecular formula is C16H18N6S. The van der Waals surface area contributed by atoms with Gasteiger partial charge in [0, 0.05) is 32.5 Å². The van der Waals surface area contributed by atoms with Crippen molar-refractivity contribution in [3.05, 3.63) is 42.4 Å². The molecule has 0 saturated carbocycles. The van der Waals surface area contributed by atoms with E-state index in [4.69, 9.17) is 0 Å². The fourth-order valence-electron chi connectivity index (χ4n) is 3.02. The van der Waals surface area contributed by atoms with Crippen molar-refractivity contribution in [2.45, 2.75) is 12.8 Å². The number of hydrogen-bond donors (Lipinski definition) is 0. The van der Waals surface area contributed by atoms with E-state index in [1.165, 1.54) is 12.0 Å². The lowest BCUT2D eigenvalue weighted by Crippen LogP contribution is -2.19. The van der Waals surface area contributed by atoms with Gasteiger partial charge in [-0.2, -0.15) is 5.10 Å². The van der Waals surface area contributed by atoms with Crippen molar-refractivity contribution in [3.8, 4) is 10.7 Å². The third-order valence-corrected chi connectivity index (χ3v) is 5.14. The Morgan fingerprint density at radius 2 is 2.26 bits per heavy atom. The van der Waals surface area contributed by atoms with Crippen LogP contribution in [0.1, 0.15) is 12.0 Å². The van der Waals surface area contributed by atoms with Crippen LogP contribution in [0.25, 0.3) is 10.7 Å². The van der Waals surface area contributed by atoms with Crippen LogP contribution in [-0.2, 0) is 13.5 Å². The fraction of sp³-hybridized carbons (Fsp3) is 0.375. The zero-order chi connectivity index (χ0) is 15.6. The minimum absolute atomic E-state index is 0.654. The minimum Gasteiger partial charge on any atom is -0.346 e. The largest absolute Gasteiger partial charge is 0.346 e. The third-order valence-electron chi connectivity index (χ3n) is 4.14. The molecule has 1 saturated heterocycles. The first-order valence-corrected chi connectivity index (χ1v) is 8.57. The summed E-state index contributed by atoms with van der Waals surface area (Å²) in [6.45, 7) is 2.08. The summed E-state index contributed by atoms with van der Waals surface area (Å²) in [5, 5.41) is 14.8. The Labute approximate surface area is 138 Å². The van der Waals surface area contributed by atoms with Gasteiger partial charge in [-0.15, -0.1) is 10.2 Å². The quantitative estimate of drug-likeness (QED) is 0.737. The average Bonchev–Trinajstić information content (AvgIpc) is 3.29. The van der Waals surface area contributed by atoms with Gasteiger partial charge in [0.05, 0.1) is 6.20 Å². The second kappa shape index (κ2) is 6.08. The summed E-state index contributed by atoms with van der Waals surface area (Å²) in [5.74, 6) is 0.654. The monoisotopic (exact) mass is 326 g/mol. The summed E-state index contributed by atoms with van der Waals surface area (Å²) in [6, 6.07) is 5.86. The molecule has 1 atom stereocenters. The maximum Gasteiger partial charge on any atom is 0.208 e. The van der Waals surface area contributed by atoms with E-state index >= 15 is 0 Å². The highest BCUT2D eigenvalue weighted by Gasteiger charge is 2.25.